The third kappa shape index (κ3) is 6.83. The molecule has 0 aromatic heterocycles. The molecule has 0 radical (unpaired) electrons. The summed E-state index contributed by atoms with van der Waals surface area (Å²) in [5.41, 5.74) is -0.313. The summed E-state index contributed by atoms with van der Waals surface area (Å²) in [5.74, 6) is -1.25. The number of benzene rings is 3. The van der Waals surface area contributed by atoms with Crippen LogP contribution in [0, 0.1) is 0 Å². The van der Waals surface area contributed by atoms with Crippen LogP contribution in [-0.4, -0.2) is 43.3 Å². The highest BCUT2D eigenvalue weighted by Crippen LogP contribution is 2.30. The monoisotopic (exact) mass is 485 g/mol. The van der Waals surface area contributed by atoms with Crippen LogP contribution in [-0.2, 0) is 11.0 Å². The Hall–Kier alpha value is -4.34. The average molecular weight is 485 g/mol. The molecule has 10 heteroatoms. The number of rotatable bonds is 7. The Labute approximate surface area is 199 Å². The zero-order valence-electron chi connectivity index (χ0n) is 18.8. The Bertz CT molecular complexity index is 1240. The van der Waals surface area contributed by atoms with Gasteiger partial charge in [-0.2, -0.15) is 13.2 Å². The fourth-order valence-corrected chi connectivity index (χ4v) is 2.96. The summed E-state index contributed by atoms with van der Waals surface area (Å²) in [6.45, 7) is -0.248. The molecule has 0 aliphatic carbocycles. The number of nitrogens with one attached hydrogen (secondary N) is 2. The number of carbonyl (C=O) groups excluding carboxylic acids is 3. The molecule has 0 fully saturated rings. The van der Waals surface area contributed by atoms with Crippen molar-refractivity contribution in [2.45, 2.75) is 6.18 Å². The predicted molar refractivity (Wildman–Crippen MR) is 124 cm³/mol. The van der Waals surface area contributed by atoms with Gasteiger partial charge in [0.2, 0.25) is 0 Å². The summed E-state index contributed by atoms with van der Waals surface area (Å²) in [6, 6.07) is 16.6. The number of ether oxygens (including phenoxy) is 1. The van der Waals surface area contributed by atoms with Crippen LogP contribution in [0.1, 0.15) is 26.3 Å². The molecular formula is C25H22F3N3O4. The smallest absolute Gasteiger partial charge is 0.416 e. The highest BCUT2D eigenvalue weighted by atomic mass is 19.4. The van der Waals surface area contributed by atoms with Crippen LogP contribution >= 0.6 is 0 Å². The van der Waals surface area contributed by atoms with E-state index in [0.717, 1.165) is 12.1 Å². The van der Waals surface area contributed by atoms with E-state index in [9.17, 15) is 27.6 Å². The molecule has 3 rings (SSSR count). The molecule has 35 heavy (non-hydrogen) atoms. The van der Waals surface area contributed by atoms with Crippen molar-refractivity contribution < 1.29 is 32.3 Å². The van der Waals surface area contributed by atoms with Crippen LogP contribution in [0.25, 0.3) is 0 Å². The molecule has 3 aromatic carbocycles. The van der Waals surface area contributed by atoms with Crippen molar-refractivity contribution in [3.05, 3.63) is 89.5 Å². The first-order valence-electron chi connectivity index (χ1n) is 10.4. The molecule has 0 aliphatic heterocycles. The standard InChI is InChI=1S/C25H22F3N3O4/c1-31(2)22(32)15-35-21-12-4-3-11-20(21)24(34)30-18-9-5-7-16(13-18)23(33)29-19-10-6-8-17(14-19)25(26,27)28/h3-14H,15H2,1-2H3,(H,29,33)(H,30,34). The van der Waals surface area contributed by atoms with E-state index in [1.807, 2.05) is 0 Å². The lowest BCUT2D eigenvalue weighted by Gasteiger charge is -2.14. The van der Waals surface area contributed by atoms with Crippen LogP contribution in [0.2, 0.25) is 0 Å². The maximum Gasteiger partial charge on any atom is 0.416 e. The predicted octanol–water partition coefficient (Wildman–Crippen LogP) is 4.68. The summed E-state index contributed by atoms with van der Waals surface area (Å²) in [5, 5.41) is 5.08. The van der Waals surface area contributed by atoms with Crippen LogP contribution in [0.3, 0.4) is 0 Å². The minimum absolute atomic E-state index is 0.0161. The first-order valence-corrected chi connectivity index (χ1v) is 10.4. The quantitative estimate of drug-likeness (QED) is 0.509. The Morgan fingerprint density at radius 2 is 1.46 bits per heavy atom. The second-order valence-corrected chi connectivity index (χ2v) is 7.64. The molecule has 3 aromatic rings. The van der Waals surface area contributed by atoms with Gasteiger partial charge in [0.05, 0.1) is 11.1 Å². The van der Waals surface area contributed by atoms with Gasteiger partial charge in [-0.15, -0.1) is 0 Å². The molecule has 7 nitrogen and oxygen atoms in total. The number of hydrogen-bond donors (Lipinski definition) is 2. The molecule has 0 aliphatic rings. The highest BCUT2D eigenvalue weighted by Gasteiger charge is 2.30. The fourth-order valence-electron chi connectivity index (χ4n) is 2.96. The van der Waals surface area contributed by atoms with Crippen LogP contribution in [0.15, 0.2) is 72.8 Å². The first kappa shape index (κ1) is 25.3. The van der Waals surface area contributed by atoms with E-state index in [4.69, 9.17) is 4.74 Å². The Balaban J connectivity index is 1.72. The molecule has 0 spiro atoms. The summed E-state index contributed by atoms with van der Waals surface area (Å²) in [4.78, 5) is 38.6. The third-order valence-electron chi connectivity index (χ3n) is 4.81. The largest absolute Gasteiger partial charge is 0.483 e. The van der Waals surface area contributed by atoms with E-state index in [1.54, 1.807) is 38.4 Å². The number of alkyl halides is 3. The molecule has 0 heterocycles. The second-order valence-electron chi connectivity index (χ2n) is 7.64. The maximum atomic E-state index is 12.9. The molecule has 2 N–H and O–H groups in total. The van der Waals surface area contributed by atoms with Gasteiger partial charge in [-0.3, -0.25) is 14.4 Å². The number of amides is 3. The number of carbonyl (C=O) groups is 3. The van der Waals surface area contributed by atoms with Gasteiger partial charge in [0.15, 0.2) is 6.61 Å². The lowest BCUT2D eigenvalue weighted by molar-refractivity contribution is -0.137. The summed E-state index contributed by atoms with van der Waals surface area (Å²) >= 11 is 0. The molecule has 0 bridgehead atoms. The van der Waals surface area contributed by atoms with Gasteiger partial charge in [0.1, 0.15) is 5.75 Å². The molecule has 0 atom stereocenters. The van der Waals surface area contributed by atoms with Crippen molar-refractivity contribution >= 4 is 29.1 Å². The molecule has 0 saturated heterocycles. The highest BCUT2D eigenvalue weighted by molar-refractivity contribution is 6.08. The average Bonchev–Trinajstić information content (AvgIpc) is 2.82. The van der Waals surface area contributed by atoms with Gasteiger partial charge in [0, 0.05) is 31.0 Å². The molecule has 3 amide bonds. The van der Waals surface area contributed by atoms with E-state index in [2.05, 4.69) is 10.6 Å². The molecule has 0 saturated carbocycles. The molecule has 182 valence electrons. The lowest BCUT2D eigenvalue weighted by atomic mass is 10.1. The van der Waals surface area contributed by atoms with Crippen molar-refractivity contribution in [1.82, 2.24) is 4.90 Å². The Morgan fingerprint density at radius 3 is 2.14 bits per heavy atom. The second kappa shape index (κ2) is 10.7. The number of halogens is 3. The Kier molecular flexibility index (Phi) is 7.75. The maximum absolute atomic E-state index is 12.9. The van der Waals surface area contributed by atoms with E-state index in [-0.39, 0.29) is 40.8 Å². The Morgan fingerprint density at radius 1 is 0.829 bits per heavy atom. The first-order chi connectivity index (χ1) is 16.5. The minimum atomic E-state index is -4.54. The molecule has 0 unspecified atom stereocenters. The summed E-state index contributed by atoms with van der Waals surface area (Å²) in [7, 11) is 3.17. The fraction of sp³-hybridized carbons (Fsp3) is 0.160. The van der Waals surface area contributed by atoms with Crippen LogP contribution < -0.4 is 15.4 Å². The van der Waals surface area contributed by atoms with Crippen LogP contribution in [0.5, 0.6) is 5.75 Å². The summed E-state index contributed by atoms with van der Waals surface area (Å²) < 4.78 is 44.2. The van der Waals surface area contributed by atoms with Gasteiger partial charge in [-0.05, 0) is 48.5 Å². The number of para-hydroxylation sites is 1. The van der Waals surface area contributed by atoms with Crippen molar-refractivity contribution in [3.63, 3.8) is 0 Å². The number of likely N-dealkylation sites (N-methyl/N-ethyl adjacent to an activating group) is 1. The van der Waals surface area contributed by atoms with E-state index in [0.29, 0.717) is 0 Å². The third-order valence-corrected chi connectivity index (χ3v) is 4.81. The number of nitrogens with zero attached hydrogens (tertiary/aromatic N) is 1. The topological polar surface area (TPSA) is 87.7 Å². The van der Waals surface area contributed by atoms with Gasteiger partial charge < -0.3 is 20.3 Å². The molecular weight excluding hydrogens is 463 g/mol. The van der Waals surface area contributed by atoms with E-state index < -0.39 is 23.6 Å². The van der Waals surface area contributed by atoms with Crippen molar-refractivity contribution in [2.75, 3.05) is 31.3 Å². The van der Waals surface area contributed by atoms with Crippen molar-refractivity contribution in [3.8, 4) is 5.75 Å². The van der Waals surface area contributed by atoms with Gasteiger partial charge in [-0.1, -0.05) is 24.3 Å². The number of hydrogen-bond acceptors (Lipinski definition) is 4. The van der Waals surface area contributed by atoms with Gasteiger partial charge in [0.25, 0.3) is 17.7 Å². The van der Waals surface area contributed by atoms with E-state index in [1.165, 1.54) is 41.3 Å². The normalized spacial score (nSPS) is 10.9. The SMILES string of the molecule is CN(C)C(=O)COc1ccccc1C(=O)Nc1cccc(C(=O)Nc2cccc(C(F)(F)F)c2)c1. The van der Waals surface area contributed by atoms with Crippen LogP contribution in [0.4, 0.5) is 24.5 Å². The van der Waals surface area contributed by atoms with E-state index >= 15 is 0 Å². The summed E-state index contributed by atoms with van der Waals surface area (Å²) in [6.07, 6.45) is -4.54. The number of anilines is 2. The minimum Gasteiger partial charge on any atom is -0.483 e. The van der Waals surface area contributed by atoms with Crippen molar-refractivity contribution in [1.29, 1.82) is 0 Å². The van der Waals surface area contributed by atoms with Gasteiger partial charge >= 0.3 is 6.18 Å². The zero-order valence-corrected chi connectivity index (χ0v) is 18.8. The van der Waals surface area contributed by atoms with Crippen molar-refractivity contribution in [2.24, 2.45) is 0 Å². The lowest BCUT2D eigenvalue weighted by Crippen LogP contribution is -2.28. The zero-order chi connectivity index (χ0) is 25.6. The van der Waals surface area contributed by atoms with Gasteiger partial charge in [-0.25, -0.2) is 0 Å².